The zero-order chi connectivity index (χ0) is 14.0. The van der Waals surface area contributed by atoms with Crippen LogP contribution in [0.3, 0.4) is 0 Å². The number of nitrogens with zero attached hydrogens (tertiary/aromatic N) is 1. The number of sulfonamides is 1. The van der Waals surface area contributed by atoms with E-state index in [1.165, 1.54) is 6.20 Å². The Morgan fingerprint density at radius 1 is 1.42 bits per heavy atom. The number of aromatic amines is 1. The van der Waals surface area contributed by atoms with Crippen LogP contribution in [0.1, 0.15) is 5.69 Å². The van der Waals surface area contributed by atoms with Crippen molar-refractivity contribution in [3.63, 3.8) is 0 Å². The molecule has 19 heavy (non-hydrogen) atoms. The zero-order valence-corrected chi connectivity index (χ0v) is 12.7. The van der Waals surface area contributed by atoms with Gasteiger partial charge in [-0.3, -0.25) is 9.82 Å². The van der Waals surface area contributed by atoms with Gasteiger partial charge in [-0.2, -0.15) is 5.10 Å². The number of methoxy groups -OCH3 is 1. The molecule has 102 valence electrons. The third-order valence-corrected chi connectivity index (χ3v) is 4.59. The Hall–Kier alpha value is -1.54. The number of anilines is 1. The number of H-pyrrole nitrogens is 1. The molecule has 0 aliphatic rings. The fourth-order valence-electron chi connectivity index (χ4n) is 1.55. The SMILES string of the molecule is COc1ccc(NS(=O)(=O)c2cn[nH]c2C)cc1Br. The van der Waals surface area contributed by atoms with Crippen LogP contribution in [-0.2, 0) is 10.0 Å². The second-order valence-electron chi connectivity index (χ2n) is 3.81. The molecule has 1 heterocycles. The van der Waals surface area contributed by atoms with E-state index >= 15 is 0 Å². The highest BCUT2D eigenvalue weighted by molar-refractivity contribution is 9.10. The van der Waals surface area contributed by atoms with E-state index in [1.807, 2.05) is 0 Å². The fourth-order valence-corrected chi connectivity index (χ4v) is 3.28. The van der Waals surface area contributed by atoms with E-state index in [2.05, 4.69) is 30.8 Å². The molecule has 0 atom stereocenters. The van der Waals surface area contributed by atoms with Crippen molar-refractivity contribution in [3.05, 3.63) is 34.6 Å². The summed E-state index contributed by atoms with van der Waals surface area (Å²) in [6, 6.07) is 4.92. The van der Waals surface area contributed by atoms with Crippen LogP contribution in [0.15, 0.2) is 33.8 Å². The van der Waals surface area contributed by atoms with Crippen LogP contribution in [0.4, 0.5) is 5.69 Å². The molecule has 0 saturated carbocycles. The molecule has 1 aromatic heterocycles. The molecule has 0 saturated heterocycles. The second-order valence-corrected chi connectivity index (χ2v) is 6.32. The Balaban J connectivity index is 2.31. The van der Waals surface area contributed by atoms with Gasteiger partial charge in [0.2, 0.25) is 0 Å². The van der Waals surface area contributed by atoms with Crippen molar-refractivity contribution < 1.29 is 13.2 Å². The topological polar surface area (TPSA) is 84.1 Å². The van der Waals surface area contributed by atoms with E-state index in [-0.39, 0.29) is 4.90 Å². The van der Waals surface area contributed by atoms with Crippen molar-refractivity contribution in [2.75, 3.05) is 11.8 Å². The third kappa shape index (κ3) is 2.90. The van der Waals surface area contributed by atoms with Gasteiger partial charge in [-0.15, -0.1) is 0 Å². The molecule has 0 fully saturated rings. The molecule has 2 rings (SSSR count). The third-order valence-electron chi connectivity index (χ3n) is 2.48. The highest BCUT2D eigenvalue weighted by atomic mass is 79.9. The molecule has 0 radical (unpaired) electrons. The van der Waals surface area contributed by atoms with E-state index in [4.69, 9.17) is 4.74 Å². The lowest BCUT2D eigenvalue weighted by Gasteiger charge is -2.09. The monoisotopic (exact) mass is 345 g/mol. The van der Waals surface area contributed by atoms with Crippen molar-refractivity contribution in [1.82, 2.24) is 10.2 Å². The minimum atomic E-state index is -3.64. The van der Waals surface area contributed by atoms with Crippen molar-refractivity contribution >= 4 is 31.6 Å². The quantitative estimate of drug-likeness (QED) is 0.890. The van der Waals surface area contributed by atoms with Gasteiger partial charge in [0, 0.05) is 0 Å². The van der Waals surface area contributed by atoms with Gasteiger partial charge >= 0.3 is 0 Å². The van der Waals surface area contributed by atoms with Crippen molar-refractivity contribution in [2.45, 2.75) is 11.8 Å². The molecule has 0 amide bonds. The first-order valence-corrected chi connectivity index (χ1v) is 7.58. The summed E-state index contributed by atoms with van der Waals surface area (Å²) < 4.78 is 32.5. The lowest BCUT2D eigenvalue weighted by atomic mass is 10.3. The van der Waals surface area contributed by atoms with E-state index in [1.54, 1.807) is 32.2 Å². The molecule has 0 aliphatic heterocycles. The van der Waals surface area contributed by atoms with Gasteiger partial charge in [0.25, 0.3) is 10.0 Å². The molecule has 0 bridgehead atoms. The Morgan fingerprint density at radius 2 is 2.16 bits per heavy atom. The largest absolute Gasteiger partial charge is 0.496 e. The molecular formula is C11H12BrN3O3S. The number of halogens is 1. The van der Waals surface area contributed by atoms with E-state index in [0.29, 0.717) is 21.6 Å². The summed E-state index contributed by atoms with van der Waals surface area (Å²) in [6.07, 6.45) is 1.27. The number of hydrogen-bond donors (Lipinski definition) is 2. The van der Waals surface area contributed by atoms with Crippen LogP contribution in [0, 0.1) is 6.92 Å². The Labute approximate surface area is 119 Å². The summed E-state index contributed by atoms with van der Waals surface area (Å²) in [4.78, 5) is 0.124. The number of rotatable bonds is 4. The van der Waals surface area contributed by atoms with E-state index in [9.17, 15) is 8.42 Å². The number of aromatic nitrogens is 2. The summed E-state index contributed by atoms with van der Waals surface area (Å²) in [6.45, 7) is 1.64. The van der Waals surface area contributed by atoms with Crippen molar-refractivity contribution in [2.24, 2.45) is 0 Å². The second kappa shape index (κ2) is 5.22. The van der Waals surface area contributed by atoms with Crippen molar-refractivity contribution in [3.8, 4) is 5.75 Å². The number of aryl methyl sites for hydroxylation is 1. The van der Waals surface area contributed by atoms with Crippen LogP contribution >= 0.6 is 15.9 Å². The predicted octanol–water partition coefficient (Wildman–Crippen LogP) is 2.29. The summed E-state index contributed by atoms with van der Waals surface area (Å²) in [5, 5.41) is 6.29. The fraction of sp³-hybridized carbons (Fsp3) is 0.182. The highest BCUT2D eigenvalue weighted by Crippen LogP contribution is 2.28. The molecular weight excluding hydrogens is 334 g/mol. The van der Waals surface area contributed by atoms with Gasteiger partial charge in [-0.1, -0.05) is 0 Å². The molecule has 0 unspecified atom stereocenters. The van der Waals surface area contributed by atoms with Gasteiger partial charge in [-0.25, -0.2) is 8.42 Å². The maximum absolute atomic E-state index is 12.1. The number of hydrogen-bond acceptors (Lipinski definition) is 4. The Bertz CT molecular complexity index is 697. The van der Waals surface area contributed by atoms with Crippen molar-refractivity contribution in [1.29, 1.82) is 0 Å². The van der Waals surface area contributed by atoms with Gasteiger partial charge in [0.1, 0.15) is 10.6 Å². The summed E-state index contributed by atoms with van der Waals surface area (Å²) in [5.74, 6) is 0.627. The van der Waals surface area contributed by atoms with Gasteiger partial charge in [0.15, 0.2) is 0 Å². The number of ether oxygens (including phenoxy) is 1. The van der Waals surface area contributed by atoms with Crippen LogP contribution in [0.5, 0.6) is 5.75 Å². The molecule has 6 nitrogen and oxygen atoms in total. The Kier molecular flexibility index (Phi) is 3.81. The lowest BCUT2D eigenvalue weighted by Crippen LogP contribution is -2.13. The standard InChI is InChI=1S/C11H12BrN3O3S/c1-7-11(6-13-14-7)19(16,17)15-8-3-4-10(18-2)9(12)5-8/h3-6,15H,1-2H3,(H,13,14). The Morgan fingerprint density at radius 3 is 2.68 bits per heavy atom. The average Bonchev–Trinajstić information content (AvgIpc) is 2.76. The van der Waals surface area contributed by atoms with Crippen LogP contribution in [-0.4, -0.2) is 25.7 Å². The smallest absolute Gasteiger partial charge is 0.265 e. The number of nitrogens with one attached hydrogen (secondary N) is 2. The maximum atomic E-state index is 12.1. The predicted molar refractivity (Wildman–Crippen MR) is 74.8 cm³/mol. The van der Waals surface area contributed by atoms with Gasteiger partial charge in [-0.05, 0) is 41.1 Å². The summed E-state index contributed by atoms with van der Waals surface area (Å²) >= 11 is 3.30. The molecule has 1 aromatic carbocycles. The molecule has 0 aliphatic carbocycles. The maximum Gasteiger partial charge on any atom is 0.265 e. The first-order valence-electron chi connectivity index (χ1n) is 5.30. The van der Waals surface area contributed by atoms with Gasteiger partial charge in [0.05, 0.1) is 29.2 Å². The highest BCUT2D eigenvalue weighted by Gasteiger charge is 2.18. The van der Waals surface area contributed by atoms with Crippen LogP contribution < -0.4 is 9.46 Å². The molecule has 8 heteroatoms. The van der Waals surface area contributed by atoms with E-state index in [0.717, 1.165) is 0 Å². The molecule has 2 N–H and O–H groups in total. The zero-order valence-electron chi connectivity index (χ0n) is 10.3. The van der Waals surface area contributed by atoms with Crippen LogP contribution in [0.2, 0.25) is 0 Å². The summed E-state index contributed by atoms with van der Waals surface area (Å²) in [5.41, 5.74) is 0.924. The van der Waals surface area contributed by atoms with Gasteiger partial charge < -0.3 is 4.74 Å². The average molecular weight is 346 g/mol. The van der Waals surface area contributed by atoms with E-state index < -0.39 is 10.0 Å². The first-order chi connectivity index (χ1) is 8.94. The minimum absolute atomic E-state index is 0.124. The first kappa shape index (κ1) is 13.9. The lowest BCUT2D eigenvalue weighted by molar-refractivity contribution is 0.412. The summed E-state index contributed by atoms with van der Waals surface area (Å²) in [7, 11) is -2.10. The minimum Gasteiger partial charge on any atom is -0.496 e. The number of benzene rings is 1. The molecule has 2 aromatic rings. The van der Waals surface area contributed by atoms with Crippen LogP contribution in [0.25, 0.3) is 0 Å². The normalized spacial score (nSPS) is 11.3. The molecule has 0 spiro atoms.